The summed E-state index contributed by atoms with van der Waals surface area (Å²) in [4.78, 5) is 4.46. The van der Waals surface area contributed by atoms with Crippen molar-refractivity contribution >= 4 is 11.3 Å². The van der Waals surface area contributed by atoms with Crippen LogP contribution in [0.1, 0.15) is 27.7 Å². The molecule has 2 nitrogen and oxygen atoms in total. The molecule has 0 saturated carbocycles. The lowest BCUT2D eigenvalue weighted by Gasteiger charge is -2.15. The van der Waals surface area contributed by atoms with Crippen LogP contribution in [0.25, 0.3) is 0 Å². The molecule has 0 aliphatic rings. The van der Waals surface area contributed by atoms with Crippen LogP contribution in [0.4, 0.5) is 0 Å². The molecule has 0 fully saturated rings. The first kappa shape index (κ1) is 12.3. The van der Waals surface area contributed by atoms with Crippen LogP contribution >= 0.6 is 11.3 Å². The van der Waals surface area contributed by atoms with Gasteiger partial charge in [-0.15, -0.1) is 11.3 Å². The SMILES string of the molecule is Cc1nc(CC(CO)c2ccccc2C)cs1. The molecule has 17 heavy (non-hydrogen) atoms. The first-order valence-corrected chi connectivity index (χ1v) is 6.66. The van der Waals surface area contributed by atoms with Crippen LogP contribution in [-0.4, -0.2) is 16.7 Å². The number of aliphatic hydroxyl groups is 1. The van der Waals surface area contributed by atoms with E-state index in [0.29, 0.717) is 0 Å². The summed E-state index contributed by atoms with van der Waals surface area (Å²) in [6.45, 7) is 4.27. The third-order valence-corrected chi connectivity index (χ3v) is 3.79. The van der Waals surface area contributed by atoms with E-state index in [1.165, 1.54) is 11.1 Å². The zero-order chi connectivity index (χ0) is 12.3. The number of hydrogen-bond donors (Lipinski definition) is 1. The summed E-state index contributed by atoms with van der Waals surface area (Å²) in [5, 5.41) is 12.7. The van der Waals surface area contributed by atoms with Crippen LogP contribution in [-0.2, 0) is 6.42 Å². The maximum absolute atomic E-state index is 9.55. The molecule has 90 valence electrons. The van der Waals surface area contributed by atoms with Gasteiger partial charge in [0.15, 0.2) is 0 Å². The van der Waals surface area contributed by atoms with Gasteiger partial charge >= 0.3 is 0 Å². The maximum atomic E-state index is 9.55. The highest BCUT2D eigenvalue weighted by atomic mass is 32.1. The van der Waals surface area contributed by atoms with Crippen molar-refractivity contribution in [1.82, 2.24) is 4.98 Å². The zero-order valence-electron chi connectivity index (χ0n) is 10.2. The van der Waals surface area contributed by atoms with Gasteiger partial charge in [-0.05, 0) is 31.4 Å². The second kappa shape index (κ2) is 5.43. The summed E-state index contributed by atoms with van der Waals surface area (Å²) >= 11 is 1.66. The van der Waals surface area contributed by atoms with Crippen molar-refractivity contribution in [2.45, 2.75) is 26.2 Å². The normalized spacial score (nSPS) is 12.6. The largest absolute Gasteiger partial charge is 0.396 e. The van der Waals surface area contributed by atoms with Crippen LogP contribution < -0.4 is 0 Å². The lowest BCUT2D eigenvalue weighted by atomic mass is 9.92. The second-order valence-corrected chi connectivity index (χ2v) is 5.36. The van der Waals surface area contributed by atoms with Gasteiger partial charge < -0.3 is 5.11 Å². The lowest BCUT2D eigenvalue weighted by molar-refractivity contribution is 0.263. The van der Waals surface area contributed by atoms with E-state index in [2.05, 4.69) is 29.4 Å². The molecule has 0 aliphatic heterocycles. The first-order chi connectivity index (χ1) is 8.20. The van der Waals surface area contributed by atoms with Crippen molar-refractivity contribution in [2.24, 2.45) is 0 Å². The van der Waals surface area contributed by atoms with Crippen molar-refractivity contribution in [3.8, 4) is 0 Å². The van der Waals surface area contributed by atoms with Crippen molar-refractivity contribution < 1.29 is 5.11 Å². The van der Waals surface area contributed by atoms with Gasteiger partial charge in [-0.3, -0.25) is 0 Å². The third-order valence-electron chi connectivity index (χ3n) is 2.97. The number of thiazole rings is 1. The number of benzene rings is 1. The topological polar surface area (TPSA) is 33.1 Å². The molecule has 1 unspecified atom stereocenters. The lowest BCUT2D eigenvalue weighted by Crippen LogP contribution is -2.09. The number of aromatic nitrogens is 1. The summed E-state index contributed by atoms with van der Waals surface area (Å²) in [7, 11) is 0. The Morgan fingerprint density at radius 3 is 2.65 bits per heavy atom. The molecule has 1 atom stereocenters. The van der Waals surface area contributed by atoms with Crippen molar-refractivity contribution in [3.05, 3.63) is 51.5 Å². The molecule has 1 N–H and O–H groups in total. The first-order valence-electron chi connectivity index (χ1n) is 5.78. The van der Waals surface area contributed by atoms with E-state index in [9.17, 15) is 5.11 Å². The molecule has 1 heterocycles. The standard InChI is InChI=1S/C14H17NOS/c1-10-5-3-4-6-14(10)12(8-16)7-13-9-17-11(2)15-13/h3-6,9,12,16H,7-8H2,1-2H3. The predicted molar refractivity (Wildman–Crippen MR) is 71.6 cm³/mol. The molecule has 1 aromatic heterocycles. The minimum atomic E-state index is 0.151. The molecule has 0 bridgehead atoms. The molecule has 0 spiro atoms. The Morgan fingerprint density at radius 2 is 2.06 bits per heavy atom. The Morgan fingerprint density at radius 1 is 1.29 bits per heavy atom. The quantitative estimate of drug-likeness (QED) is 0.900. The van der Waals surface area contributed by atoms with Crippen LogP contribution in [0.2, 0.25) is 0 Å². The molecule has 2 aromatic rings. The average Bonchev–Trinajstić information content (AvgIpc) is 2.73. The van der Waals surface area contributed by atoms with E-state index in [1.807, 2.05) is 19.1 Å². The van der Waals surface area contributed by atoms with Gasteiger partial charge in [-0.2, -0.15) is 0 Å². The van der Waals surface area contributed by atoms with Gasteiger partial charge in [0.25, 0.3) is 0 Å². The van der Waals surface area contributed by atoms with Gasteiger partial charge in [0.1, 0.15) is 0 Å². The van der Waals surface area contributed by atoms with Crippen LogP contribution in [0.15, 0.2) is 29.6 Å². The number of rotatable bonds is 4. The molecule has 0 radical (unpaired) electrons. The van der Waals surface area contributed by atoms with Crippen LogP contribution in [0, 0.1) is 13.8 Å². The fourth-order valence-electron chi connectivity index (χ4n) is 2.07. The Hall–Kier alpha value is -1.19. The van der Waals surface area contributed by atoms with E-state index >= 15 is 0 Å². The summed E-state index contributed by atoms with van der Waals surface area (Å²) in [6.07, 6.45) is 0.811. The molecule has 3 heteroatoms. The van der Waals surface area contributed by atoms with Gasteiger partial charge in [-0.1, -0.05) is 24.3 Å². The molecular formula is C14H17NOS. The highest BCUT2D eigenvalue weighted by Crippen LogP contribution is 2.24. The third kappa shape index (κ3) is 2.93. The molecule has 0 saturated heterocycles. The number of aryl methyl sites for hydroxylation is 2. The van der Waals surface area contributed by atoms with E-state index in [0.717, 1.165) is 17.1 Å². The van der Waals surface area contributed by atoms with Crippen LogP contribution in [0.5, 0.6) is 0 Å². The van der Waals surface area contributed by atoms with Gasteiger partial charge in [0.2, 0.25) is 0 Å². The summed E-state index contributed by atoms with van der Waals surface area (Å²) < 4.78 is 0. The Kier molecular flexibility index (Phi) is 3.92. The number of hydrogen-bond acceptors (Lipinski definition) is 3. The van der Waals surface area contributed by atoms with E-state index < -0.39 is 0 Å². The maximum Gasteiger partial charge on any atom is 0.0897 e. The van der Waals surface area contributed by atoms with Gasteiger partial charge in [0.05, 0.1) is 17.3 Å². The zero-order valence-corrected chi connectivity index (χ0v) is 11.0. The summed E-state index contributed by atoms with van der Waals surface area (Å²) in [6, 6.07) is 8.23. The highest BCUT2D eigenvalue weighted by molar-refractivity contribution is 7.09. The molecular weight excluding hydrogens is 230 g/mol. The Bertz CT molecular complexity index is 492. The fraction of sp³-hybridized carbons (Fsp3) is 0.357. The molecule has 1 aromatic carbocycles. The average molecular weight is 247 g/mol. The fourth-order valence-corrected chi connectivity index (χ4v) is 2.70. The van der Waals surface area contributed by atoms with E-state index in [1.54, 1.807) is 11.3 Å². The molecule has 0 amide bonds. The number of nitrogens with zero attached hydrogens (tertiary/aromatic N) is 1. The predicted octanol–water partition coefficient (Wildman–Crippen LogP) is 3.08. The Labute approximate surface area is 106 Å². The van der Waals surface area contributed by atoms with Gasteiger partial charge in [0, 0.05) is 11.3 Å². The smallest absolute Gasteiger partial charge is 0.0897 e. The summed E-state index contributed by atoms with van der Waals surface area (Å²) in [5.74, 6) is 0.151. The molecule has 2 rings (SSSR count). The van der Waals surface area contributed by atoms with E-state index in [-0.39, 0.29) is 12.5 Å². The van der Waals surface area contributed by atoms with Crippen molar-refractivity contribution in [1.29, 1.82) is 0 Å². The van der Waals surface area contributed by atoms with Crippen molar-refractivity contribution in [3.63, 3.8) is 0 Å². The number of aliphatic hydroxyl groups excluding tert-OH is 1. The highest BCUT2D eigenvalue weighted by Gasteiger charge is 2.14. The minimum absolute atomic E-state index is 0.151. The molecule has 0 aliphatic carbocycles. The second-order valence-electron chi connectivity index (χ2n) is 4.30. The van der Waals surface area contributed by atoms with Gasteiger partial charge in [-0.25, -0.2) is 4.98 Å². The van der Waals surface area contributed by atoms with E-state index in [4.69, 9.17) is 0 Å². The van der Waals surface area contributed by atoms with Crippen LogP contribution in [0.3, 0.4) is 0 Å². The minimum Gasteiger partial charge on any atom is -0.396 e. The van der Waals surface area contributed by atoms with Crippen molar-refractivity contribution in [2.75, 3.05) is 6.61 Å². The monoisotopic (exact) mass is 247 g/mol. The Balaban J connectivity index is 2.20. The summed E-state index contributed by atoms with van der Waals surface area (Å²) in [5.41, 5.74) is 3.54.